The van der Waals surface area contributed by atoms with Crippen molar-refractivity contribution in [1.29, 1.82) is 0 Å². The molecule has 0 saturated carbocycles. The first-order valence-electron chi connectivity index (χ1n) is 6.42. The molecule has 5 heteroatoms. The van der Waals surface area contributed by atoms with Crippen LogP contribution >= 0.6 is 0 Å². The summed E-state index contributed by atoms with van der Waals surface area (Å²) in [5.74, 6) is 1.66. The van der Waals surface area contributed by atoms with Crippen LogP contribution in [0, 0.1) is 0 Å². The molecule has 1 aromatic rings. The van der Waals surface area contributed by atoms with Gasteiger partial charge in [-0.05, 0) is 6.07 Å². The van der Waals surface area contributed by atoms with Gasteiger partial charge in [0.2, 0.25) is 0 Å². The van der Waals surface area contributed by atoms with Crippen LogP contribution in [0.3, 0.4) is 0 Å². The maximum atomic E-state index is 9.80. The van der Waals surface area contributed by atoms with Crippen LogP contribution in [0.1, 0.15) is 5.56 Å². The lowest BCUT2D eigenvalue weighted by atomic mass is 10.1. The standard InChI is InChI=1S/C14H21NO4/c1-17-10-12(16)9-15-5-6-19-14-7-13(18-2)4-3-11(14)8-15/h3-4,7,12,16H,5-6,8-10H2,1-2H3/t12-/m0/s1. The fourth-order valence-electron chi connectivity index (χ4n) is 2.23. The summed E-state index contributed by atoms with van der Waals surface area (Å²) in [6.07, 6.45) is -0.468. The van der Waals surface area contributed by atoms with E-state index in [9.17, 15) is 5.11 Å². The molecule has 5 nitrogen and oxygen atoms in total. The quantitative estimate of drug-likeness (QED) is 0.859. The zero-order valence-electron chi connectivity index (χ0n) is 11.5. The van der Waals surface area contributed by atoms with Crippen molar-refractivity contribution in [1.82, 2.24) is 4.90 Å². The van der Waals surface area contributed by atoms with Gasteiger partial charge in [-0.2, -0.15) is 0 Å². The maximum absolute atomic E-state index is 9.80. The van der Waals surface area contributed by atoms with E-state index in [-0.39, 0.29) is 0 Å². The maximum Gasteiger partial charge on any atom is 0.127 e. The number of methoxy groups -OCH3 is 2. The number of aliphatic hydroxyl groups is 1. The third-order valence-electron chi connectivity index (χ3n) is 3.16. The summed E-state index contributed by atoms with van der Waals surface area (Å²) in [7, 11) is 3.24. The van der Waals surface area contributed by atoms with Gasteiger partial charge in [-0.25, -0.2) is 0 Å². The Hall–Kier alpha value is -1.30. The highest BCUT2D eigenvalue weighted by Crippen LogP contribution is 2.27. The lowest BCUT2D eigenvalue weighted by molar-refractivity contribution is 0.0348. The molecule has 0 bridgehead atoms. The van der Waals surface area contributed by atoms with Gasteiger partial charge in [0.25, 0.3) is 0 Å². The number of β-amino-alcohol motifs (C(OH)–C–C–N with tert-alkyl or cyclic N) is 1. The van der Waals surface area contributed by atoms with Crippen molar-refractivity contribution in [3.8, 4) is 11.5 Å². The molecule has 19 heavy (non-hydrogen) atoms. The molecule has 1 aliphatic rings. The molecular formula is C14H21NO4. The number of nitrogens with zero attached hydrogens (tertiary/aromatic N) is 1. The van der Waals surface area contributed by atoms with Crippen molar-refractivity contribution >= 4 is 0 Å². The normalized spacial score (nSPS) is 17.2. The Kier molecular flexibility index (Phi) is 5.01. The summed E-state index contributed by atoms with van der Waals surface area (Å²) < 4.78 is 15.9. The zero-order chi connectivity index (χ0) is 13.7. The van der Waals surface area contributed by atoms with Gasteiger partial charge in [0.1, 0.15) is 18.1 Å². The third-order valence-corrected chi connectivity index (χ3v) is 3.16. The number of hydrogen-bond donors (Lipinski definition) is 1. The summed E-state index contributed by atoms with van der Waals surface area (Å²) >= 11 is 0. The molecule has 0 fully saturated rings. The largest absolute Gasteiger partial charge is 0.497 e. The van der Waals surface area contributed by atoms with Crippen molar-refractivity contribution in [2.75, 3.05) is 40.5 Å². The first kappa shape index (κ1) is 14.1. The van der Waals surface area contributed by atoms with Gasteiger partial charge in [0, 0.05) is 38.4 Å². The van der Waals surface area contributed by atoms with Gasteiger partial charge < -0.3 is 19.3 Å². The minimum absolute atomic E-state index is 0.354. The van der Waals surface area contributed by atoms with E-state index in [2.05, 4.69) is 4.90 Å². The van der Waals surface area contributed by atoms with Crippen molar-refractivity contribution in [3.05, 3.63) is 23.8 Å². The van der Waals surface area contributed by atoms with E-state index in [4.69, 9.17) is 14.2 Å². The smallest absolute Gasteiger partial charge is 0.127 e. The van der Waals surface area contributed by atoms with E-state index in [0.29, 0.717) is 19.8 Å². The number of hydrogen-bond acceptors (Lipinski definition) is 5. The Morgan fingerprint density at radius 2 is 2.26 bits per heavy atom. The van der Waals surface area contributed by atoms with E-state index in [1.165, 1.54) is 0 Å². The highest BCUT2D eigenvalue weighted by molar-refractivity contribution is 5.41. The van der Waals surface area contributed by atoms with Crippen molar-refractivity contribution in [2.24, 2.45) is 0 Å². The lowest BCUT2D eigenvalue weighted by Gasteiger charge is -2.22. The number of ether oxygens (including phenoxy) is 3. The molecule has 106 valence electrons. The highest BCUT2D eigenvalue weighted by atomic mass is 16.5. The van der Waals surface area contributed by atoms with Gasteiger partial charge >= 0.3 is 0 Å². The van der Waals surface area contributed by atoms with Gasteiger partial charge in [-0.1, -0.05) is 6.07 Å². The van der Waals surface area contributed by atoms with Gasteiger partial charge in [0.15, 0.2) is 0 Å². The predicted molar refractivity (Wildman–Crippen MR) is 71.6 cm³/mol. The second kappa shape index (κ2) is 6.75. The Balaban J connectivity index is 2.03. The molecule has 0 spiro atoms. The van der Waals surface area contributed by atoms with Crippen LogP contribution in [0.15, 0.2) is 18.2 Å². The first-order chi connectivity index (χ1) is 9.22. The zero-order valence-corrected chi connectivity index (χ0v) is 11.5. The van der Waals surface area contributed by atoms with Gasteiger partial charge in [-0.15, -0.1) is 0 Å². The van der Waals surface area contributed by atoms with Crippen molar-refractivity contribution < 1.29 is 19.3 Å². The van der Waals surface area contributed by atoms with Crippen LogP contribution in [0.4, 0.5) is 0 Å². The lowest BCUT2D eigenvalue weighted by Crippen LogP contribution is -2.35. The molecule has 1 atom stereocenters. The average molecular weight is 267 g/mol. The fraction of sp³-hybridized carbons (Fsp3) is 0.571. The molecule has 2 rings (SSSR count). The fourth-order valence-corrected chi connectivity index (χ4v) is 2.23. The molecule has 1 N–H and O–H groups in total. The van der Waals surface area contributed by atoms with E-state index in [1.54, 1.807) is 14.2 Å². The van der Waals surface area contributed by atoms with E-state index in [0.717, 1.165) is 30.2 Å². The summed E-state index contributed by atoms with van der Waals surface area (Å²) in [5.41, 5.74) is 1.11. The molecule has 0 radical (unpaired) electrons. The van der Waals surface area contributed by atoms with Crippen LogP contribution in [0.5, 0.6) is 11.5 Å². The van der Waals surface area contributed by atoms with Gasteiger partial charge in [0.05, 0.1) is 19.8 Å². The summed E-state index contributed by atoms with van der Waals surface area (Å²) in [5, 5.41) is 9.80. The summed E-state index contributed by atoms with van der Waals surface area (Å²) in [6, 6.07) is 5.84. The number of fused-ring (bicyclic) bond motifs is 1. The topological polar surface area (TPSA) is 51.2 Å². The molecule has 1 aromatic carbocycles. The molecular weight excluding hydrogens is 246 g/mol. The van der Waals surface area contributed by atoms with E-state index in [1.807, 2.05) is 18.2 Å². The van der Waals surface area contributed by atoms with Crippen LogP contribution < -0.4 is 9.47 Å². The Labute approximate surface area is 113 Å². The molecule has 0 aromatic heterocycles. The van der Waals surface area contributed by atoms with Gasteiger partial charge in [-0.3, -0.25) is 4.90 Å². The van der Waals surface area contributed by atoms with E-state index < -0.39 is 6.10 Å². The van der Waals surface area contributed by atoms with Crippen molar-refractivity contribution in [3.63, 3.8) is 0 Å². The number of rotatable bonds is 5. The highest BCUT2D eigenvalue weighted by Gasteiger charge is 2.18. The summed E-state index contributed by atoms with van der Waals surface area (Å²) in [6.45, 7) is 3.10. The monoisotopic (exact) mass is 267 g/mol. The molecule has 0 unspecified atom stereocenters. The van der Waals surface area contributed by atoms with Crippen LogP contribution in [0.25, 0.3) is 0 Å². The average Bonchev–Trinajstić information content (AvgIpc) is 2.59. The van der Waals surface area contributed by atoms with Crippen LogP contribution in [0.2, 0.25) is 0 Å². The Morgan fingerprint density at radius 3 is 3.00 bits per heavy atom. The number of benzene rings is 1. The number of aliphatic hydroxyl groups excluding tert-OH is 1. The van der Waals surface area contributed by atoms with Crippen molar-refractivity contribution in [2.45, 2.75) is 12.6 Å². The molecule has 0 amide bonds. The first-order valence-corrected chi connectivity index (χ1v) is 6.42. The second-order valence-electron chi connectivity index (χ2n) is 4.67. The molecule has 1 heterocycles. The Morgan fingerprint density at radius 1 is 1.42 bits per heavy atom. The molecule has 1 aliphatic heterocycles. The minimum Gasteiger partial charge on any atom is -0.497 e. The predicted octanol–water partition coefficient (Wildman–Crippen LogP) is 0.897. The SMILES string of the molecule is COC[C@@H](O)CN1CCOc2cc(OC)ccc2C1. The molecule has 0 saturated heterocycles. The van der Waals surface area contributed by atoms with Crippen LogP contribution in [-0.4, -0.2) is 56.6 Å². The molecule has 0 aliphatic carbocycles. The van der Waals surface area contributed by atoms with E-state index >= 15 is 0 Å². The minimum atomic E-state index is -0.468. The summed E-state index contributed by atoms with van der Waals surface area (Å²) in [4.78, 5) is 2.17. The second-order valence-corrected chi connectivity index (χ2v) is 4.67. The van der Waals surface area contributed by atoms with Crippen LogP contribution in [-0.2, 0) is 11.3 Å². The third kappa shape index (κ3) is 3.83. The Bertz CT molecular complexity index is 410.